The van der Waals surface area contributed by atoms with E-state index in [1.54, 1.807) is 41.5 Å². The van der Waals surface area contributed by atoms with Crippen LogP contribution in [0.25, 0.3) is 0 Å². The van der Waals surface area contributed by atoms with Gasteiger partial charge in [0, 0.05) is 0 Å². The second-order valence-corrected chi connectivity index (χ2v) is 8.24. The zero-order valence-electron chi connectivity index (χ0n) is 17.6. The Morgan fingerprint density at radius 1 is 1.00 bits per heavy atom. The van der Waals surface area contributed by atoms with Crippen molar-refractivity contribution in [2.75, 3.05) is 19.8 Å². The minimum absolute atomic E-state index is 0.0169. The van der Waals surface area contributed by atoms with Gasteiger partial charge < -0.3 is 30.2 Å². The fourth-order valence-corrected chi connectivity index (χ4v) is 1.94. The van der Waals surface area contributed by atoms with Crippen LogP contribution >= 0.6 is 0 Å². The molecule has 10 nitrogen and oxygen atoms in total. The van der Waals surface area contributed by atoms with Crippen molar-refractivity contribution >= 4 is 18.2 Å². The van der Waals surface area contributed by atoms with Crippen molar-refractivity contribution < 1.29 is 38.8 Å². The number of hydrogen-bond acceptors (Lipinski definition) is 9. The Bertz CT molecular complexity index is 497. The molecule has 0 heterocycles. The van der Waals surface area contributed by atoms with Gasteiger partial charge in [-0.15, -0.1) is 0 Å². The Balaban J connectivity index is 5.75. The van der Waals surface area contributed by atoms with Crippen LogP contribution in [0.3, 0.4) is 0 Å². The SMILES string of the molecule is CC(C)(C)OC(=O)N(C(=O)OC(C)(C)C)[C@H](CCCN)C(=O)OCC(O)CO. The number of nitrogens with two attached hydrogens (primary N) is 1. The molecular weight excluding hydrogens is 372 g/mol. The number of imide groups is 1. The van der Waals surface area contributed by atoms with Crippen LogP contribution in [0, 0.1) is 0 Å². The van der Waals surface area contributed by atoms with Gasteiger partial charge in [0.2, 0.25) is 0 Å². The largest absolute Gasteiger partial charge is 0.461 e. The average Bonchev–Trinajstić information content (AvgIpc) is 2.52. The van der Waals surface area contributed by atoms with Crippen LogP contribution in [0.4, 0.5) is 9.59 Å². The van der Waals surface area contributed by atoms with E-state index >= 15 is 0 Å². The first kappa shape index (κ1) is 26.1. The number of rotatable bonds is 8. The van der Waals surface area contributed by atoms with Crippen molar-refractivity contribution in [3.8, 4) is 0 Å². The lowest BCUT2D eigenvalue weighted by molar-refractivity contribution is -0.153. The van der Waals surface area contributed by atoms with Crippen LogP contribution in [0.1, 0.15) is 54.4 Å². The van der Waals surface area contributed by atoms with E-state index in [0.29, 0.717) is 11.3 Å². The smallest absolute Gasteiger partial charge is 0.420 e. The maximum atomic E-state index is 12.7. The number of aliphatic hydroxyl groups is 2. The van der Waals surface area contributed by atoms with Crippen molar-refractivity contribution in [2.45, 2.75) is 77.7 Å². The number of carbonyl (C=O) groups is 3. The minimum atomic E-state index is -1.36. The minimum Gasteiger partial charge on any atom is -0.461 e. The van der Waals surface area contributed by atoms with Gasteiger partial charge in [0.15, 0.2) is 0 Å². The first-order valence-corrected chi connectivity index (χ1v) is 9.12. The Morgan fingerprint density at radius 3 is 1.82 bits per heavy atom. The number of ether oxygens (including phenoxy) is 3. The van der Waals surface area contributed by atoms with Gasteiger partial charge in [-0.05, 0) is 60.9 Å². The van der Waals surface area contributed by atoms with Crippen molar-refractivity contribution in [3.63, 3.8) is 0 Å². The summed E-state index contributed by atoms with van der Waals surface area (Å²) in [5.74, 6) is -0.947. The number of hydrogen-bond donors (Lipinski definition) is 3. The zero-order chi connectivity index (χ0) is 22.1. The van der Waals surface area contributed by atoms with E-state index in [2.05, 4.69) is 0 Å². The lowest BCUT2D eigenvalue weighted by Crippen LogP contribution is -2.52. The van der Waals surface area contributed by atoms with Gasteiger partial charge in [0.05, 0.1) is 6.61 Å². The van der Waals surface area contributed by atoms with E-state index in [9.17, 15) is 19.5 Å². The quantitative estimate of drug-likeness (QED) is 0.399. The standard InChI is InChI=1S/C18H34N2O8/c1-17(2,3)27-15(24)20(16(25)28-18(4,5)6)13(8-7-9-19)14(23)26-11-12(22)10-21/h12-13,21-22H,7-11,19H2,1-6H3/t12?,13-/m1/s1. The molecule has 0 aromatic carbocycles. The summed E-state index contributed by atoms with van der Waals surface area (Å²) in [6.45, 7) is 8.79. The Morgan fingerprint density at radius 2 is 1.46 bits per heavy atom. The predicted octanol–water partition coefficient (Wildman–Crippen LogP) is 1.16. The van der Waals surface area contributed by atoms with Crippen LogP contribution in [0.15, 0.2) is 0 Å². The van der Waals surface area contributed by atoms with Crippen molar-refractivity contribution in [1.29, 1.82) is 0 Å². The Hall–Kier alpha value is -1.91. The van der Waals surface area contributed by atoms with Gasteiger partial charge in [-0.25, -0.2) is 14.4 Å². The number of esters is 1. The summed E-state index contributed by atoms with van der Waals surface area (Å²) in [7, 11) is 0. The van der Waals surface area contributed by atoms with Crippen LogP contribution in [-0.4, -0.2) is 76.4 Å². The molecule has 0 aliphatic carbocycles. The van der Waals surface area contributed by atoms with Gasteiger partial charge >= 0.3 is 18.2 Å². The summed E-state index contributed by atoms with van der Waals surface area (Å²) in [5.41, 5.74) is 3.65. The molecule has 0 aliphatic rings. The number of aliphatic hydroxyl groups excluding tert-OH is 2. The molecule has 2 atom stereocenters. The number of nitrogens with zero attached hydrogens (tertiary/aromatic N) is 1. The highest BCUT2D eigenvalue weighted by Crippen LogP contribution is 2.20. The third-order valence-electron chi connectivity index (χ3n) is 3.07. The molecule has 28 heavy (non-hydrogen) atoms. The van der Waals surface area contributed by atoms with Crippen LogP contribution < -0.4 is 5.73 Å². The predicted molar refractivity (Wildman–Crippen MR) is 100 cm³/mol. The van der Waals surface area contributed by atoms with E-state index < -0.39 is 54.7 Å². The highest BCUT2D eigenvalue weighted by Gasteiger charge is 2.40. The lowest BCUT2D eigenvalue weighted by Gasteiger charge is -2.32. The van der Waals surface area contributed by atoms with E-state index in [4.69, 9.17) is 25.1 Å². The van der Waals surface area contributed by atoms with Gasteiger partial charge in [-0.2, -0.15) is 4.90 Å². The zero-order valence-corrected chi connectivity index (χ0v) is 17.6. The molecule has 0 rings (SSSR count). The fraction of sp³-hybridized carbons (Fsp3) is 0.833. The van der Waals surface area contributed by atoms with E-state index in [1.165, 1.54) is 0 Å². The first-order chi connectivity index (χ1) is 12.7. The molecule has 4 N–H and O–H groups in total. The molecule has 164 valence electrons. The first-order valence-electron chi connectivity index (χ1n) is 9.12. The molecule has 0 saturated heterocycles. The van der Waals surface area contributed by atoms with Gasteiger partial charge in [0.25, 0.3) is 0 Å². The lowest BCUT2D eigenvalue weighted by atomic mass is 10.1. The third kappa shape index (κ3) is 10.4. The summed E-state index contributed by atoms with van der Waals surface area (Å²) in [5, 5.41) is 18.2. The second-order valence-electron chi connectivity index (χ2n) is 8.24. The van der Waals surface area contributed by atoms with Crippen molar-refractivity contribution in [3.05, 3.63) is 0 Å². The number of carbonyl (C=O) groups excluding carboxylic acids is 3. The van der Waals surface area contributed by atoms with Gasteiger partial charge in [0.1, 0.15) is 30.0 Å². The molecule has 0 spiro atoms. The van der Waals surface area contributed by atoms with E-state index in [0.717, 1.165) is 0 Å². The van der Waals surface area contributed by atoms with E-state index in [-0.39, 0.29) is 13.0 Å². The molecule has 10 heteroatoms. The second kappa shape index (κ2) is 11.2. The molecule has 0 aromatic heterocycles. The van der Waals surface area contributed by atoms with Crippen molar-refractivity contribution in [2.24, 2.45) is 5.73 Å². The molecular formula is C18H34N2O8. The molecule has 0 fully saturated rings. The summed E-state index contributed by atoms with van der Waals surface area (Å²) < 4.78 is 15.5. The fourth-order valence-electron chi connectivity index (χ4n) is 1.94. The Kier molecular flexibility index (Phi) is 10.4. The Labute approximate surface area is 165 Å². The molecule has 1 unspecified atom stereocenters. The van der Waals surface area contributed by atoms with Gasteiger partial charge in [-0.1, -0.05) is 0 Å². The molecule has 0 saturated carbocycles. The van der Waals surface area contributed by atoms with Crippen molar-refractivity contribution in [1.82, 2.24) is 4.90 Å². The van der Waals surface area contributed by atoms with E-state index in [1.807, 2.05) is 0 Å². The average molecular weight is 406 g/mol. The maximum absolute atomic E-state index is 12.7. The third-order valence-corrected chi connectivity index (χ3v) is 3.07. The van der Waals surface area contributed by atoms with Crippen LogP contribution in [-0.2, 0) is 19.0 Å². The molecule has 0 aliphatic heterocycles. The summed E-state index contributed by atoms with van der Waals surface area (Å²) in [6.07, 6.45) is -3.09. The highest BCUT2D eigenvalue weighted by molar-refractivity contribution is 5.94. The normalized spacial score (nSPS) is 14.0. The summed E-state index contributed by atoms with van der Waals surface area (Å²) in [6, 6.07) is -1.36. The molecule has 2 amide bonds. The molecule has 0 radical (unpaired) electrons. The highest BCUT2D eigenvalue weighted by atomic mass is 16.6. The number of amides is 2. The topological polar surface area (TPSA) is 149 Å². The van der Waals surface area contributed by atoms with Crippen LogP contribution in [0.5, 0.6) is 0 Å². The van der Waals surface area contributed by atoms with Crippen LogP contribution in [0.2, 0.25) is 0 Å². The monoisotopic (exact) mass is 406 g/mol. The van der Waals surface area contributed by atoms with Gasteiger partial charge in [-0.3, -0.25) is 0 Å². The molecule has 0 bridgehead atoms. The maximum Gasteiger partial charge on any atom is 0.420 e. The summed E-state index contributed by atoms with van der Waals surface area (Å²) in [4.78, 5) is 38.4. The molecule has 0 aromatic rings. The summed E-state index contributed by atoms with van der Waals surface area (Å²) >= 11 is 0.